The minimum Gasteiger partial charge on any atom is -0.478 e. The number of rotatable bonds is 1. The molecule has 0 saturated carbocycles. The topological polar surface area (TPSA) is 37.3 Å². The van der Waals surface area contributed by atoms with Crippen molar-refractivity contribution >= 4 is 5.97 Å². The van der Waals surface area contributed by atoms with Gasteiger partial charge in [0.15, 0.2) is 0 Å². The minimum atomic E-state index is -0.860. The van der Waals surface area contributed by atoms with Crippen LogP contribution in [0.3, 0.4) is 0 Å². The molecule has 1 rings (SSSR count). The molecule has 1 aromatic carbocycles. The number of hydrogen-bond donors (Lipinski definition) is 1. The Morgan fingerprint density at radius 2 is 1.54 bits per heavy atom. The van der Waals surface area contributed by atoms with Gasteiger partial charge in [0.05, 0.1) is 5.56 Å². The minimum absolute atomic E-state index is 0. The first-order valence-electron chi connectivity index (χ1n) is 3.83. The van der Waals surface area contributed by atoms with Crippen molar-refractivity contribution in [2.24, 2.45) is 0 Å². The molecule has 0 amide bonds. The van der Waals surface area contributed by atoms with Gasteiger partial charge >= 0.3 is 5.97 Å². The fourth-order valence-corrected chi connectivity index (χ4v) is 1.16. The van der Waals surface area contributed by atoms with Crippen molar-refractivity contribution in [2.75, 3.05) is 0 Å². The first-order chi connectivity index (χ1) is 5.52. The number of hydrogen-bond acceptors (Lipinski definition) is 1. The van der Waals surface area contributed by atoms with E-state index >= 15 is 0 Å². The molecule has 3 heteroatoms. The summed E-state index contributed by atoms with van der Waals surface area (Å²) in [6, 6.07) is 3.40. The van der Waals surface area contributed by atoms with Crippen LogP contribution in [0.1, 0.15) is 27.0 Å². The molecule has 0 fully saturated rings. The summed E-state index contributed by atoms with van der Waals surface area (Å²) in [6.07, 6.45) is 0. The van der Waals surface area contributed by atoms with Crippen molar-refractivity contribution in [1.82, 2.24) is 0 Å². The second-order valence-electron chi connectivity index (χ2n) is 3.04. The van der Waals surface area contributed by atoms with Crippen molar-refractivity contribution in [3.8, 4) is 0 Å². The summed E-state index contributed by atoms with van der Waals surface area (Å²) in [4.78, 5) is 10.6. The Morgan fingerprint density at radius 1 is 1.15 bits per heavy atom. The molecule has 0 aliphatic carbocycles. The van der Waals surface area contributed by atoms with Crippen LogP contribution >= 0.6 is 0 Å². The maximum Gasteiger partial charge on any atom is 0.335 e. The molecule has 13 heavy (non-hydrogen) atoms. The van der Waals surface area contributed by atoms with Gasteiger partial charge in [-0.3, -0.25) is 0 Å². The van der Waals surface area contributed by atoms with Gasteiger partial charge in [0.1, 0.15) is 0 Å². The van der Waals surface area contributed by atoms with Crippen molar-refractivity contribution in [3.05, 3.63) is 34.4 Å². The summed E-state index contributed by atoms with van der Waals surface area (Å²) >= 11 is 0. The molecule has 0 aliphatic heterocycles. The van der Waals surface area contributed by atoms with Crippen LogP contribution in [0.15, 0.2) is 12.1 Å². The van der Waals surface area contributed by atoms with Gasteiger partial charge in [-0.25, -0.2) is 4.79 Å². The van der Waals surface area contributed by atoms with Crippen molar-refractivity contribution in [3.63, 3.8) is 0 Å². The molecular weight excluding hydrogens is 265 g/mol. The first-order valence-corrected chi connectivity index (χ1v) is 3.83. The average molecular weight is 277 g/mol. The predicted molar refractivity (Wildman–Crippen MR) is 47.6 cm³/mol. The third-order valence-electron chi connectivity index (χ3n) is 2.17. The van der Waals surface area contributed by atoms with Crippen LogP contribution in [0, 0.1) is 20.8 Å². The van der Waals surface area contributed by atoms with Crippen molar-refractivity contribution < 1.29 is 37.2 Å². The molecule has 0 spiro atoms. The molecule has 1 N–H and O–H groups in total. The Hall–Kier alpha value is -0.388. The van der Waals surface area contributed by atoms with Crippen LogP contribution in [0.25, 0.3) is 0 Å². The van der Waals surface area contributed by atoms with Gasteiger partial charge < -0.3 is 5.11 Å². The summed E-state index contributed by atoms with van der Waals surface area (Å²) in [7, 11) is 0. The van der Waals surface area contributed by atoms with E-state index in [2.05, 4.69) is 0 Å². The quantitative estimate of drug-likeness (QED) is 0.799. The molecule has 0 saturated heterocycles. The molecule has 2 nitrogen and oxygen atoms in total. The van der Waals surface area contributed by atoms with Gasteiger partial charge in [-0.1, -0.05) is 0 Å². The van der Waals surface area contributed by atoms with Crippen LogP contribution in [-0.2, 0) is 27.3 Å². The van der Waals surface area contributed by atoms with E-state index in [1.165, 1.54) is 5.56 Å². The monoisotopic (exact) mass is 278 g/mol. The number of carboxylic acid groups (broad SMARTS) is 1. The van der Waals surface area contributed by atoms with E-state index < -0.39 is 5.97 Å². The molecule has 0 radical (unpaired) electrons. The maximum absolute atomic E-state index is 10.6. The Bertz CT molecular complexity index is 309. The molecule has 0 atom stereocenters. The number of benzene rings is 1. The molecule has 0 unspecified atom stereocenters. The Kier molecular flexibility index (Phi) is 4.60. The maximum atomic E-state index is 10.6. The van der Waals surface area contributed by atoms with Crippen LogP contribution < -0.4 is 0 Å². The molecule has 0 bridgehead atoms. The number of carbonyl (C=O) groups is 1. The Morgan fingerprint density at radius 3 is 1.85 bits per heavy atom. The van der Waals surface area contributed by atoms with E-state index in [0.717, 1.165) is 11.1 Å². The number of aromatic carboxylic acids is 1. The smallest absolute Gasteiger partial charge is 0.335 e. The summed E-state index contributed by atoms with van der Waals surface area (Å²) in [6.45, 7) is 5.85. The van der Waals surface area contributed by atoms with E-state index in [1.807, 2.05) is 20.8 Å². The van der Waals surface area contributed by atoms with Crippen molar-refractivity contribution in [1.29, 1.82) is 0 Å². The summed E-state index contributed by atoms with van der Waals surface area (Å²) in [5, 5.41) is 8.72. The van der Waals surface area contributed by atoms with Gasteiger partial charge in [0, 0.05) is 27.3 Å². The van der Waals surface area contributed by atoms with Gasteiger partial charge in [-0.15, -0.1) is 0 Å². The van der Waals surface area contributed by atoms with Crippen LogP contribution in [-0.4, -0.2) is 11.1 Å². The van der Waals surface area contributed by atoms with E-state index in [-0.39, 0.29) is 27.3 Å². The SMILES string of the molecule is Cc1cc(C(=O)O)cc(C)c1C.[Cd]. The molecular formula is C10H12CdO2. The van der Waals surface area contributed by atoms with E-state index in [9.17, 15) is 4.79 Å². The zero-order valence-electron chi connectivity index (χ0n) is 8.22. The second kappa shape index (κ2) is 4.74. The fraction of sp³-hybridized carbons (Fsp3) is 0.300. The van der Waals surface area contributed by atoms with Crippen LogP contribution in [0.2, 0.25) is 0 Å². The van der Waals surface area contributed by atoms with E-state index in [4.69, 9.17) is 5.11 Å². The van der Waals surface area contributed by atoms with Crippen LogP contribution in [0.5, 0.6) is 0 Å². The first kappa shape index (κ1) is 12.6. The van der Waals surface area contributed by atoms with E-state index in [0.29, 0.717) is 5.56 Å². The van der Waals surface area contributed by atoms with E-state index in [1.54, 1.807) is 12.1 Å². The zero-order chi connectivity index (χ0) is 9.30. The van der Waals surface area contributed by atoms with Gasteiger partial charge in [0.25, 0.3) is 0 Å². The predicted octanol–water partition coefficient (Wildman–Crippen LogP) is 2.31. The van der Waals surface area contributed by atoms with Crippen LogP contribution in [0.4, 0.5) is 0 Å². The standard InChI is InChI=1S/C10H12O2.Cd/c1-6-4-9(10(11)12)5-7(2)8(6)3;/h4-5H,1-3H3,(H,11,12);. The molecule has 0 aromatic heterocycles. The summed E-state index contributed by atoms with van der Waals surface area (Å²) < 4.78 is 0. The largest absolute Gasteiger partial charge is 0.478 e. The summed E-state index contributed by atoms with van der Waals surface area (Å²) in [5.41, 5.74) is 3.61. The molecule has 1 aromatic rings. The molecule has 0 heterocycles. The van der Waals surface area contributed by atoms with Gasteiger partial charge in [0.2, 0.25) is 0 Å². The second-order valence-corrected chi connectivity index (χ2v) is 3.04. The third kappa shape index (κ3) is 2.79. The van der Waals surface area contributed by atoms with Gasteiger partial charge in [-0.05, 0) is 49.6 Å². The number of aryl methyl sites for hydroxylation is 2. The zero-order valence-corrected chi connectivity index (χ0v) is 12.3. The normalized spacial score (nSPS) is 9.15. The molecule has 0 aliphatic rings. The number of carboxylic acids is 1. The third-order valence-corrected chi connectivity index (χ3v) is 2.17. The Balaban J connectivity index is 0.00000144. The molecule has 66 valence electrons. The van der Waals surface area contributed by atoms with Gasteiger partial charge in [-0.2, -0.15) is 0 Å². The van der Waals surface area contributed by atoms with Crippen molar-refractivity contribution in [2.45, 2.75) is 20.8 Å². The average Bonchev–Trinajstić information content (AvgIpc) is 1.99. The summed E-state index contributed by atoms with van der Waals surface area (Å²) in [5.74, 6) is -0.860. The Labute approximate surface area is 98.1 Å². The fourth-order valence-electron chi connectivity index (χ4n) is 1.16.